The van der Waals surface area contributed by atoms with Crippen molar-refractivity contribution in [3.63, 3.8) is 0 Å². The topological polar surface area (TPSA) is 24.1 Å². The summed E-state index contributed by atoms with van der Waals surface area (Å²) in [5.74, 6) is 0. The van der Waals surface area contributed by atoms with E-state index in [0.29, 0.717) is 17.9 Å². The highest BCUT2D eigenvalue weighted by Gasteiger charge is 2.31. The molecule has 0 bridgehead atoms. The Hall–Kier alpha value is -2.17. The number of anilines is 3. The molecular formula is C14H11F3N2. The van der Waals surface area contributed by atoms with Gasteiger partial charge in [-0.25, -0.2) is 0 Å². The second-order valence-electron chi connectivity index (χ2n) is 4.39. The van der Waals surface area contributed by atoms with Crippen molar-refractivity contribution < 1.29 is 13.2 Å². The molecule has 1 aliphatic heterocycles. The minimum absolute atomic E-state index is 0.464. The molecule has 0 aliphatic carbocycles. The van der Waals surface area contributed by atoms with Crippen LogP contribution >= 0.6 is 0 Å². The van der Waals surface area contributed by atoms with Crippen LogP contribution in [0.25, 0.3) is 0 Å². The van der Waals surface area contributed by atoms with Gasteiger partial charge in [-0.3, -0.25) is 0 Å². The van der Waals surface area contributed by atoms with E-state index < -0.39 is 11.7 Å². The molecule has 0 fully saturated rings. The molecule has 2 nitrogen and oxygen atoms in total. The van der Waals surface area contributed by atoms with Crippen molar-refractivity contribution in [3.8, 4) is 0 Å². The van der Waals surface area contributed by atoms with Crippen molar-refractivity contribution in [2.75, 3.05) is 10.6 Å². The molecule has 5 heteroatoms. The predicted octanol–water partition coefficient (Wildman–Crippen LogP) is 4.37. The molecule has 3 rings (SSSR count). The van der Waals surface area contributed by atoms with Gasteiger partial charge < -0.3 is 10.6 Å². The number of para-hydroxylation sites is 1. The molecule has 2 aromatic rings. The third-order valence-corrected chi connectivity index (χ3v) is 3.10. The van der Waals surface area contributed by atoms with E-state index in [1.165, 1.54) is 6.07 Å². The van der Waals surface area contributed by atoms with Crippen LogP contribution in [0.5, 0.6) is 0 Å². The van der Waals surface area contributed by atoms with Crippen LogP contribution in [-0.2, 0) is 12.7 Å². The summed E-state index contributed by atoms with van der Waals surface area (Å²) in [6, 6.07) is 11.3. The van der Waals surface area contributed by atoms with Gasteiger partial charge in [0.15, 0.2) is 0 Å². The Morgan fingerprint density at radius 2 is 1.68 bits per heavy atom. The molecule has 0 amide bonds. The summed E-state index contributed by atoms with van der Waals surface area (Å²) in [5.41, 5.74) is 2.40. The lowest BCUT2D eigenvalue weighted by atomic mass is 10.1. The van der Waals surface area contributed by atoms with E-state index in [9.17, 15) is 13.2 Å². The van der Waals surface area contributed by atoms with E-state index in [1.54, 1.807) is 0 Å². The summed E-state index contributed by atoms with van der Waals surface area (Å²) in [6.45, 7) is 0.498. The van der Waals surface area contributed by atoms with E-state index >= 15 is 0 Å². The third kappa shape index (κ3) is 2.23. The zero-order chi connectivity index (χ0) is 13.5. The number of alkyl halides is 3. The van der Waals surface area contributed by atoms with Crippen LogP contribution in [0.4, 0.5) is 30.2 Å². The summed E-state index contributed by atoms with van der Waals surface area (Å²) >= 11 is 0. The number of hydrogen-bond donors (Lipinski definition) is 2. The van der Waals surface area contributed by atoms with Crippen molar-refractivity contribution in [1.82, 2.24) is 0 Å². The number of benzene rings is 2. The SMILES string of the molecule is FC(F)(F)c1ccc2c(c1)NCc1ccccc1N2. The van der Waals surface area contributed by atoms with Crippen molar-refractivity contribution in [2.24, 2.45) is 0 Å². The standard InChI is InChI=1S/C14H11F3N2/c15-14(16,17)10-5-6-12-13(7-10)18-8-9-3-1-2-4-11(9)19-12/h1-7,18-19H,8H2. The molecule has 1 heterocycles. The van der Waals surface area contributed by atoms with Crippen LogP contribution in [-0.4, -0.2) is 0 Å². The Labute approximate surface area is 108 Å². The largest absolute Gasteiger partial charge is 0.416 e. The Kier molecular flexibility index (Phi) is 2.62. The monoisotopic (exact) mass is 264 g/mol. The van der Waals surface area contributed by atoms with Gasteiger partial charge in [-0.15, -0.1) is 0 Å². The average Bonchev–Trinajstić information content (AvgIpc) is 2.55. The van der Waals surface area contributed by atoms with Crippen molar-refractivity contribution in [2.45, 2.75) is 12.7 Å². The van der Waals surface area contributed by atoms with Crippen LogP contribution in [0.15, 0.2) is 42.5 Å². The normalized spacial score (nSPS) is 13.6. The highest BCUT2D eigenvalue weighted by atomic mass is 19.4. The van der Waals surface area contributed by atoms with Gasteiger partial charge in [-0.2, -0.15) is 13.2 Å². The number of fused-ring (bicyclic) bond motifs is 2. The minimum Gasteiger partial charge on any atom is -0.379 e. The molecule has 0 saturated heterocycles. The number of rotatable bonds is 0. The first-order valence-corrected chi connectivity index (χ1v) is 5.84. The van der Waals surface area contributed by atoms with Gasteiger partial charge in [0, 0.05) is 12.2 Å². The number of hydrogen-bond acceptors (Lipinski definition) is 2. The molecular weight excluding hydrogens is 253 g/mol. The fraction of sp³-hybridized carbons (Fsp3) is 0.143. The van der Waals surface area contributed by atoms with Crippen molar-refractivity contribution in [3.05, 3.63) is 53.6 Å². The summed E-state index contributed by atoms with van der Waals surface area (Å²) in [5, 5.41) is 6.18. The maximum absolute atomic E-state index is 12.7. The molecule has 0 saturated carbocycles. The van der Waals surface area contributed by atoms with Crippen LogP contribution in [0.1, 0.15) is 11.1 Å². The first-order chi connectivity index (χ1) is 9.04. The number of nitrogens with one attached hydrogen (secondary N) is 2. The molecule has 98 valence electrons. The minimum atomic E-state index is -4.32. The molecule has 2 N–H and O–H groups in total. The molecule has 0 atom stereocenters. The summed E-state index contributed by atoms with van der Waals surface area (Å²) in [4.78, 5) is 0. The van der Waals surface area contributed by atoms with E-state index in [1.807, 2.05) is 24.3 Å². The first kappa shape index (κ1) is 11.9. The predicted molar refractivity (Wildman–Crippen MR) is 68.5 cm³/mol. The van der Waals surface area contributed by atoms with Crippen LogP contribution in [0, 0.1) is 0 Å². The lowest BCUT2D eigenvalue weighted by Gasteiger charge is -2.12. The first-order valence-electron chi connectivity index (χ1n) is 5.84. The van der Waals surface area contributed by atoms with E-state index in [2.05, 4.69) is 10.6 Å². The van der Waals surface area contributed by atoms with E-state index in [0.717, 1.165) is 23.4 Å². The van der Waals surface area contributed by atoms with Gasteiger partial charge in [0.1, 0.15) is 0 Å². The van der Waals surface area contributed by atoms with E-state index in [4.69, 9.17) is 0 Å². The lowest BCUT2D eigenvalue weighted by molar-refractivity contribution is -0.137. The Bertz CT molecular complexity index is 620. The summed E-state index contributed by atoms with van der Waals surface area (Å²) in [7, 11) is 0. The third-order valence-electron chi connectivity index (χ3n) is 3.10. The van der Waals surface area contributed by atoms with Gasteiger partial charge in [0.05, 0.1) is 16.9 Å². The highest BCUT2D eigenvalue weighted by molar-refractivity contribution is 5.78. The van der Waals surface area contributed by atoms with Gasteiger partial charge in [-0.05, 0) is 29.8 Å². The van der Waals surface area contributed by atoms with Gasteiger partial charge >= 0.3 is 6.18 Å². The Balaban J connectivity index is 2.02. The van der Waals surface area contributed by atoms with Crippen molar-refractivity contribution >= 4 is 17.1 Å². The van der Waals surface area contributed by atoms with Crippen LogP contribution in [0.3, 0.4) is 0 Å². The Morgan fingerprint density at radius 1 is 0.895 bits per heavy atom. The van der Waals surface area contributed by atoms with Crippen LogP contribution < -0.4 is 10.6 Å². The summed E-state index contributed by atoms with van der Waals surface area (Å²) in [6.07, 6.45) is -4.32. The maximum Gasteiger partial charge on any atom is 0.416 e. The number of halogens is 3. The second kappa shape index (κ2) is 4.19. The highest BCUT2D eigenvalue weighted by Crippen LogP contribution is 2.37. The second-order valence-corrected chi connectivity index (χ2v) is 4.39. The lowest BCUT2D eigenvalue weighted by Crippen LogP contribution is -2.06. The van der Waals surface area contributed by atoms with E-state index in [-0.39, 0.29) is 0 Å². The van der Waals surface area contributed by atoms with Crippen molar-refractivity contribution in [1.29, 1.82) is 0 Å². The smallest absolute Gasteiger partial charge is 0.379 e. The summed E-state index contributed by atoms with van der Waals surface area (Å²) < 4.78 is 38.0. The fourth-order valence-electron chi connectivity index (χ4n) is 2.11. The quantitative estimate of drug-likeness (QED) is 0.738. The van der Waals surface area contributed by atoms with Gasteiger partial charge in [0.25, 0.3) is 0 Å². The zero-order valence-electron chi connectivity index (χ0n) is 9.88. The average molecular weight is 264 g/mol. The van der Waals surface area contributed by atoms with Gasteiger partial charge in [0.2, 0.25) is 0 Å². The molecule has 2 aromatic carbocycles. The molecule has 0 radical (unpaired) electrons. The molecule has 1 aliphatic rings. The zero-order valence-corrected chi connectivity index (χ0v) is 9.88. The molecule has 0 spiro atoms. The van der Waals surface area contributed by atoms with Crippen LogP contribution in [0.2, 0.25) is 0 Å². The van der Waals surface area contributed by atoms with Gasteiger partial charge in [-0.1, -0.05) is 18.2 Å². The fourth-order valence-corrected chi connectivity index (χ4v) is 2.11. The maximum atomic E-state index is 12.7. The molecule has 0 unspecified atom stereocenters. The molecule has 19 heavy (non-hydrogen) atoms. The Morgan fingerprint density at radius 3 is 2.47 bits per heavy atom. The molecule has 0 aromatic heterocycles.